The summed E-state index contributed by atoms with van der Waals surface area (Å²) in [7, 11) is 0. The van der Waals surface area contributed by atoms with Gasteiger partial charge in [0.15, 0.2) is 0 Å². The second-order valence-electron chi connectivity index (χ2n) is 2.71. The molecule has 0 aromatic rings. The molecule has 0 saturated carbocycles. The first-order valence-electron chi connectivity index (χ1n) is 3.74. The quantitative estimate of drug-likeness (QED) is 0.539. The molecule has 0 atom stereocenters. The third-order valence-electron chi connectivity index (χ3n) is 1.92. The lowest BCUT2D eigenvalue weighted by molar-refractivity contribution is 1.42. The highest BCUT2D eigenvalue weighted by atomic mass is 14.5. The van der Waals surface area contributed by atoms with E-state index in [4.69, 9.17) is 10.8 Å². The maximum Gasteiger partial charge on any atom is 0.0619 e. The molecule has 0 heterocycles. The van der Waals surface area contributed by atoms with Gasteiger partial charge in [0.25, 0.3) is 0 Å². The van der Waals surface area contributed by atoms with Gasteiger partial charge in [-0.15, -0.1) is 0 Å². The maximum atomic E-state index is 7.58. The van der Waals surface area contributed by atoms with Crippen LogP contribution in [0.4, 0.5) is 0 Å². The molecule has 2 rings (SSSR count). The molecule has 0 aliphatic heterocycles. The summed E-state index contributed by atoms with van der Waals surface area (Å²) in [4.78, 5) is 0. The Bertz CT molecular complexity index is 341. The van der Waals surface area contributed by atoms with Crippen LogP contribution in [0.1, 0.15) is 0 Å². The number of hydrogen-bond acceptors (Lipinski definition) is 2. The summed E-state index contributed by atoms with van der Waals surface area (Å²) >= 11 is 0. The van der Waals surface area contributed by atoms with Crippen molar-refractivity contribution in [1.82, 2.24) is 0 Å². The Labute approximate surface area is 70.6 Å². The first kappa shape index (κ1) is 6.98. The number of nitrogens with one attached hydrogen (secondary N) is 2. The van der Waals surface area contributed by atoms with Gasteiger partial charge in [0.1, 0.15) is 0 Å². The zero-order valence-corrected chi connectivity index (χ0v) is 6.46. The molecule has 0 aromatic carbocycles. The van der Waals surface area contributed by atoms with Crippen LogP contribution in [0.2, 0.25) is 0 Å². The molecule has 0 bridgehead atoms. The number of rotatable bonds is 0. The number of allylic oxidation sites excluding steroid dienone is 8. The third kappa shape index (κ3) is 0.889. The van der Waals surface area contributed by atoms with E-state index in [0.717, 1.165) is 11.1 Å². The second-order valence-corrected chi connectivity index (χ2v) is 2.71. The third-order valence-corrected chi connectivity index (χ3v) is 1.92. The van der Waals surface area contributed by atoms with Crippen LogP contribution >= 0.6 is 0 Å². The van der Waals surface area contributed by atoms with E-state index < -0.39 is 0 Å². The van der Waals surface area contributed by atoms with Crippen molar-refractivity contribution >= 4 is 11.4 Å². The molecule has 0 amide bonds. The monoisotopic (exact) mass is 156 g/mol. The fraction of sp³-hybridized carbons (Fsp3) is 0. The van der Waals surface area contributed by atoms with E-state index in [9.17, 15) is 0 Å². The molecule has 58 valence electrons. The van der Waals surface area contributed by atoms with Gasteiger partial charge >= 0.3 is 0 Å². The molecule has 2 aliphatic rings. The van der Waals surface area contributed by atoms with Crippen LogP contribution in [-0.4, -0.2) is 11.4 Å². The maximum absolute atomic E-state index is 7.58. The highest BCUT2D eigenvalue weighted by molar-refractivity contribution is 6.23. The van der Waals surface area contributed by atoms with Gasteiger partial charge in [-0.05, 0) is 12.2 Å². The Morgan fingerprint density at radius 1 is 0.750 bits per heavy atom. The summed E-state index contributed by atoms with van der Waals surface area (Å²) in [6.07, 6.45) is 10.8. The van der Waals surface area contributed by atoms with E-state index >= 15 is 0 Å². The molecule has 2 nitrogen and oxygen atoms in total. The Morgan fingerprint density at radius 2 is 1.17 bits per heavy atom. The molecule has 2 N–H and O–H groups in total. The molecule has 0 fully saturated rings. The van der Waals surface area contributed by atoms with Crippen molar-refractivity contribution in [2.75, 3.05) is 0 Å². The van der Waals surface area contributed by atoms with Crippen molar-refractivity contribution in [2.45, 2.75) is 0 Å². The molecule has 0 saturated heterocycles. The van der Waals surface area contributed by atoms with Crippen molar-refractivity contribution < 1.29 is 0 Å². The zero-order valence-electron chi connectivity index (χ0n) is 6.46. The average Bonchev–Trinajstić information content (AvgIpc) is 2.07. The molecule has 2 aliphatic carbocycles. The summed E-state index contributed by atoms with van der Waals surface area (Å²) in [6, 6.07) is 0. The SMILES string of the molecule is N=C1C=CC=C2C(=N)C=CC=C12. The van der Waals surface area contributed by atoms with Crippen LogP contribution < -0.4 is 0 Å². The second kappa shape index (κ2) is 2.41. The Morgan fingerprint density at radius 3 is 1.58 bits per heavy atom. The predicted molar refractivity (Wildman–Crippen MR) is 49.9 cm³/mol. The molecule has 0 spiro atoms. The van der Waals surface area contributed by atoms with E-state index in [1.165, 1.54) is 0 Å². The summed E-state index contributed by atoms with van der Waals surface area (Å²) in [5.41, 5.74) is 2.68. The summed E-state index contributed by atoms with van der Waals surface area (Å²) < 4.78 is 0. The first-order valence-corrected chi connectivity index (χ1v) is 3.74. The van der Waals surface area contributed by atoms with Crippen LogP contribution in [0.3, 0.4) is 0 Å². The van der Waals surface area contributed by atoms with E-state index in [1.807, 2.05) is 24.3 Å². The van der Waals surface area contributed by atoms with Crippen LogP contribution in [0.5, 0.6) is 0 Å². The highest BCUT2D eigenvalue weighted by Crippen LogP contribution is 2.21. The van der Waals surface area contributed by atoms with E-state index in [1.54, 1.807) is 12.2 Å². The van der Waals surface area contributed by atoms with Gasteiger partial charge < -0.3 is 10.8 Å². The zero-order chi connectivity index (χ0) is 8.55. The van der Waals surface area contributed by atoms with Crippen LogP contribution in [0.15, 0.2) is 47.6 Å². The van der Waals surface area contributed by atoms with Crippen molar-refractivity contribution in [3.05, 3.63) is 47.6 Å². The van der Waals surface area contributed by atoms with Crippen molar-refractivity contribution in [2.24, 2.45) is 0 Å². The van der Waals surface area contributed by atoms with Crippen molar-refractivity contribution in [1.29, 1.82) is 10.8 Å². The van der Waals surface area contributed by atoms with E-state index in [0.29, 0.717) is 11.4 Å². The van der Waals surface area contributed by atoms with Crippen LogP contribution in [0.25, 0.3) is 0 Å². The molecular formula is C10H8N2. The van der Waals surface area contributed by atoms with E-state index in [-0.39, 0.29) is 0 Å². The van der Waals surface area contributed by atoms with Gasteiger partial charge in [-0.1, -0.05) is 24.3 Å². The lowest BCUT2D eigenvalue weighted by atomic mass is 9.89. The Kier molecular flexibility index (Phi) is 1.40. The smallest absolute Gasteiger partial charge is 0.0619 e. The predicted octanol–water partition coefficient (Wildman–Crippen LogP) is 2.02. The molecule has 0 radical (unpaired) electrons. The molecule has 0 unspecified atom stereocenters. The Hall–Kier alpha value is -1.70. The minimum absolute atomic E-state index is 0.488. The minimum Gasteiger partial charge on any atom is -0.300 e. The van der Waals surface area contributed by atoms with Gasteiger partial charge in [-0.2, -0.15) is 0 Å². The molecular weight excluding hydrogens is 148 g/mol. The average molecular weight is 156 g/mol. The van der Waals surface area contributed by atoms with Crippen molar-refractivity contribution in [3.63, 3.8) is 0 Å². The largest absolute Gasteiger partial charge is 0.300 e. The minimum atomic E-state index is 0.488. The lowest BCUT2D eigenvalue weighted by Gasteiger charge is -2.15. The van der Waals surface area contributed by atoms with Crippen LogP contribution in [-0.2, 0) is 0 Å². The Balaban J connectivity index is 2.57. The standard InChI is InChI=1S/C10H8N2/c11-9-5-1-3-7-8(9)4-2-6-10(7)12/h1-6,11-12H. The number of hydrogen-bond donors (Lipinski definition) is 2. The highest BCUT2D eigenvalue weighted by Gasteiger charge is 2.15. The van der Waals surface area contributed by atoms with Gasteiger partial charge in [-0.3, -0.25) is 0 Å². The first-order chi connectivity index (χ1) is 5.79. The van der Waals surface area contributed by atoms with Crippen molar-refractivity contribution in [3.8, 4) is 0 Å². The van der Waals surface area contributed by atoms with Gasteiger partial charge in [0.05, 0.1) is 11.4 Å². The fourth-order valence-electron chi connectivity index (χ4n) is 1.31. The lowest BCUT2D eigenvalue weighted by Crippen LogP contribution is -2.12. The van der Waals surface area contributed by atoms with E-state index in [2.05, 4.69) is 0 Å². The van der Waals surface area contributed by atoms with Gasteiger partial charge in [0, 0.05) is 11.1 Å². The fourth-order valence-corrected chi connectivity index (χ4v) is 1.31. The molecule has 2 heteroatoms. The summed E-state index contributed by atoms with van der Waals surface area (Å²) in [5.74, 6) is 0. The normalized spacial score (nSPS) is 20.3. The van der Waals surface area contributed by atoms with Gasteiger partial charge in [-0.25, -0.2) is 0 Å². The van der Waals surface area contributed by atoms with Crippen LogP contribution in [0, 0.1) is 10.8 Å². The summed E-state index contributed by atoms with van der Waals surface area (Å²) in [6.45, 7) is 0. The topological polar surface area (TPSA) is 47.7 Å². The summed E-state index contributed by atoms with van der Waals surface area (Å²) in [5, 5.41) is 15.2. The van der Waals surface area contributed by atoms with Gasteiger partial charge in [0.2, 0.25) is 0 Å². The molecule has 0 aromatic heterocycles. The number of fused-ring (bicyclic) bond motifs is 1. The molecule has 12 heavy (non-hydrogen) atoms.